The summed E-state index contributed by atoms with van der Waals surface area (Å²) >= 11 is 5.72. The largest absolute Gasteiger partial charge is 0.487 e. The normalized spacial score (nSPS) is 13.3. The van der Waals surface area contributed by atoms with E-state index < -0.39 is 11.0 Å². The van der Waals surface area contributed by atoms with Crippen LogP contribution in [0, 0.1) is 0 Å². The maximum atomic E-state index is 13.1. The number of fused-ring (bicyclic) bond motifs is 1. The van der Waals surface area contributed by atoms with Gasteiger partial charge in [-0.1, -0.05) is 60.7 Å². The number of carbonyl (C=O) groups excluding carboxylic acids is 2. The van der Waals surface area contributed by atoms with E-state index in [0.29, 0.717) is 29.9 Å². The lowest BCUT2D eigenvalue weighted by atomic mass is 9.98. The van der Waals surface area contributed by atoms with Gasteiger partial charge in [0.05, 0.1) is 11.1 Å². The number of ether oxygens (including phenoxy) is 1. The van der Waals surface area contributed by atoms with E-state index in [4.69, 9.17) is 16.3 Å². The van der Waals surface area contributed by atoms with Crippen molar-refractivity contribution in [2.24, 2.45) is 0 Å². The van der Waals surface area contributed by atoms with Crippen molar-refractivity contribution >= 4 is 28.1 Å². The van der Waals surface area contributed by atoms with E-state index >= 15 is 0 Å². The molecule has 0 aliphatic heterocycles. The average Bonchev–Trinajstić information content (AvgIpc) is 3.61. The molecule has 4 aromatic rings. The summed E-state index contributed by atoms with van der Waals surface area (Å²) in [5.41, 5.74) is 5.12. The van der Waals surface area contributed by atoms with Crippen molar-refractivity contribution in [2.45, 2.75) is 31.8 Å². The summed E-state index contributed by atoms with van der Waals surface area (Å²) in [6, 6.07) is 23.7. The van der Waals surface area contributed by atoms with E-state index in [1.54, 1.807) is 0 Å². The van der Waals surface area contributed by atoms with Crippen molar-refractivity contribution in [1.29, 1.82) is 0 Å². The van der Waals surface area contributed by atoms with Gasteiger partial charge >= 0.3 is 0 Å². The van der Waals surface area contributed by atoms with Gasteiger partial charge in [0, 0.05) is 18.3 Å². The molecule has 0 radical (unpaired) electrons. The van der Waals surface area contributed by atoms with Crippen LogP contribution >= 0.6 is 11.6 Å². The molecule has 0 N–H and O–H groups in total. The van der Waals surface area contributed by atoms with Gasteiger partial charge in [-0.25, -0.2) is 0 Å². The van der Waals surface area contributed by atoms with Crippen molar-refractivity contribution < 1.29 is 14.3 Å². The lowest BCUT2D eigenvalue weighted by Crippen LogP contribution is -2.10. The SMILES string of the molecule is O=C(Cl)C(=O)c1c(C2CC2)c(Cc2ccccc2)n2cccc(OCc3ccccc3)c12. The first-order chi connectivity index (χ1) is 15.6. The molecule has 1 aliphatic carbocycles. The van der Waals surface area contributed by atoms with Gasteiger partial charge in [0.2, 0.25) is 5.78 Å². The van der Waals surface area contributed by atoms with Gasteiger partial charge in [-0.3, -0.25) is 9.59 Å². The van der Waals surface area contributed by atoms with Crippen molar-refractivity contribution in [1.82, 2.24) is 4.40 Å². The Morgan fingerprint density at radius 2 is 1.56 bits per heavy atom. The number of hydrogen-bond donors (Lipinski definition) is 0. The highest BCUT2D eigenvalue weighted by Crippen LogP contribution is 2.47. The Balaban J connectivity index is 1.68. The van der Waals surface area contributed by atoms with E-state index in [0.717, 1.165) is 35.2 Å². The predicted molar refractivity (Wildman–Crippen MR) is 125 cm³/mol. The van der Waals surface area contributed by atoms with E-state index in [1.807, 2.05) is 71.3 Å². The number of hydrogen-bond acceptors (Lipinski definition) is 3. The van der Waals surface area contributed by atoms with Crippen LogP contribution in [0.3, 0.4) is 0 Å². The van der Waals surface area contributed by atoms with E-state index in [9.17, 15) is 9.59 Å². The Kier molecular flexibility index (Phi) is 5.54. The zero-order chi connectivity index (χ0) is 22.1. The Hall–Kier alpha value is -3.37. The minimum absolute atomic E-state index is 0.255. The highest BCUT2D eigenvalue weighted by Gasteiger charge is 2.36. The van der Waals surface area contributed by atoms with Crippen LogP contribution in [0.2, 0.25) is 0 Å². The molecule has 2 aromatic carbocycles. The lowest BCUT2D eigenvalue weighted by Gasteiger charge is -2.10. The minimum Gasteiger partial charge on any atom is -0.487 e. The summed E-state index contributed by atoms with van der Waals surface area (Å²) in [4.78, 5) is 25.1. The molecule has 1 saturated carbocycles. The molecule has 2 heterocycles. The minimum atomic E-state index is -0.969. The molecule has 1 fully saturated rings. The standard InChI is InChI=1S/C27H22ClNO3/c28-27(31)26(30)24-23(20-13-14-20)21(16-18-8-3-1-4-9-18)29-15-7-12-22(25(24)29)32-17-19-10-5-2-6-11-19/h1-12,15,20H,13-14,16-17H2. The molecule has 2 aromatic heterocycles. The Morgan fingerprint density at radius 1 is 0.906 bits per heavy atom. The number of nitrogens with zero attached hydrogens (tertiary/aromatic N) is 1. The molecule has 0 bridgehead atoms. The average molecular weight is 444 g/mol. The topological polar surface area (TPSA) is 47.8 Å². The summed E-state index contributed by atoms with van der Waals surface area (Å²) < 4.78 is 8.18. The zero-order valence-electron chi connectivity index (χ0n) is 17.5. The number of benzene rings is 2. The summed E-state index contributed by atoms with van der Waals surface area (Å²) in [6.45, 7) is 0.362. The van der Waals surface area contributed by atoms with Gasteiger partial charge in [-0.2, -0.15) is 0 Å². The first kappa shape index (κ1) is 20.5. The van der Waals surface area contributed by atoms with Crippen molar-refractivity contribution in [2.75, 3.05) is 0 Å². The number of Topliss-reactive ketones (excluding diaryl/α,β-unsaturated/α-hetero) is 1. The fraction of sp³-hybridized carbons (Fsp3) is 0.185. The van der Waals surface area contributed by atoms with Gasteiger partial charge in [0.25, 0.3) is 5.24 Å². The second-order valence-electron chi connectivity index (χ2n) is 8.14. The maximum absolute atomic E-state index is 13.1. The number of carbonyl (C=O) groups is 2. The summed E-state index contributed by atoms with van der Waals surface area (Å²) in [6.07, 6.45) is 4.58. The quantitative estimate of drug-likeness (QED) is 0.192. The Bertz CT molecular complexity index is 1290. The Morgan fingerprint density at radius 3 is 2.19 bits per heavy atom. The number of pyridine rings is 1. The van der Waals surface area contributed by atoms with Gasteiger partial charge in [0.15, 0.2) is 0 Å². The van der Waals surface area contributed by atoms with E-state index in [-0.39, 0.29) is 5.92 Å². The molecular formula is C27H22ClNO3. The molecule has 5 rings (SSSR count). The molecule has 1 aliphatic rings. The molecule has 0 atom stereocenters. The number of rotatable bonds is 8. The first-order valence-electron chi connectivity index (χ1n) is 10.7. The highest BCUT2D eigenvalue weighted by atomic mass is 35.5. The third-order valence-corrected chi connectivity index (χ3v) is 6.08. The van der Waals surface area contributed by atoms with Gasteiger partial charge in [-0.05, 0) is 59.2 Å². The molecular weight excluding hydrogens is 422 g/mol. The zero-order valence-corrected chi connectivity index (χ0v) is 18.2. The van der Waals surface area contributed by atoms with E-state index in [1.165, 1.54) is 0 Å². The second kappa shape index (κ2) is 8.64. The number of aromatic nitrogens is 1. The summed E-state index contributed by atoms with van der Waals surface area (Å²) in [5.74, 6) is 0.158. The lowest BCUT2D eigenvalue weighted by molar-refractivity contribution is -0.108. The summed E-state index contributed by atoms with van der Waals surface area (Å²) in [7, 11) is 0. The van der Waals surface area contributed by atoms with Crippen LogP contribution in [0.15, 0.2) is 79.0 Å². The third kappa shape index (κ3) is 3.94. The van der Waals surface area contributed by atoms with E-state index in [2.05, 4.69) is 12.1 Å². The molecule has 160 valence electrons. The molecule has 0 amide bonds. The smallest absolute Gasteiger partial charge is 0.293 e. The van der Waals surface area contributed by atoms with Gasteiger partial charge in [0.1, 0.15) is 12.4 Å². The van der Waals surface area contributed by atoms with Crippen molar-refractivity contribution in [3.05, 3.63) is 107 Å². The van der Waals surface area contributed by atoms with Crippen LogP contribution in [0.1, 0.15) is 51.5 Å². The molecule has 5 heteroatoms. The van der Waals surface area contributed by atoms with Crippen LogP contribution in [-0.2, 0) is 17.8 Å². The second-order valence-corrected chi connectivity index (χ2v) is 8.48. The summed E-state index contributed by atoms with van der Waals surface area (Å²) in [5, 5.41) is -0.969. The van der Waals surface area contributed by atoms with Crippen molar-refractivity contribution in [3.63, 3.8) is 0 Å². The molecule has 4 nitrogen and oxygen atoms in total. The Labute approximate surface area is 191 Å². The molecule has 0 spiro atoms. The third-order valence-electron chi connectivity index (χ3n) is 5.91. The van der Waals surface area contributed by atoms with Crippen LogP contribution in [0.4, 0.5) is 0 Å². The molecule has 32 heavy (non-hydrogen) atoms. The fourth-order valence-electron chi connectivity index (χ4n) is 4.32. The highest BCUT2D eigenvalue weighted by molar-refractivity contribution is 6.83. The van der Waals surface area contributed by atoms with Crippen LogP contribution in [0.5, 0.6) is 5.75 Å². The molecule has 0 saturated heterocycles. The van der Waals surface area contributed by atoms with Gasteiger partial charge < -0.3 is 9.14 Å². The van der Waals surface area contributed by atoms with Crippen LogP contribution in [0.25, 0.3) is 5.52 Å². The first-order valence-corrected chi connectivity index (χ1v) is 11.1. The van der Waals surface area contributed by atoms with Gasteiger partial charge in [-0.15, -0.1) is 0 Å². The fourth-order valence-corrected chi connectivity index (χ4v) is 4.41. The predicted octanol–water partition coefficient (Wildman–Crippen LogP) is 5.93. The van der Waals surface area contributed by atoms with Crippen molar-refractivity contribution in [3.8, 4) is 5.75 Å². The maximum Gasteiger partial charge on any atom is 0.293 e. The monoisotopic (exact) mass is 443 g/mol. The molecule has 0 unspecified atom stereocenters. The van der Waals surface area contributed by atoms with Crippen LogP contribution < -0.4 is 4.74 Å². The number of halogens is 1. The number of ketones is 1. The van der Waals surface area contributed by atoms with Crippen LogP contribution in [-0.4, -0.2) is 15.4 Å².